The standard InChI is InChI=1S/C23H23FN2O4/c1-15(13-16-8-10-18(24)11-9-16)21(27)25-19-6-4-5-17(14-19)22(28)26-12-3-2-7-20(26)23(29)30/h4-6,8-11,13-14,20H,2-3,7,12H2,1H3,(H,25,27)(H,29,30). The van der Waals surface area contributed by atoms with Gasteiger partial charge in [0.1, 0.15) is 11.9 Å². The number of hydrogen-bond donors (Lipinski definition) is 2. The molecule has 2 N–H and O–H groups in total. The van der Waals surface area contributed by atoms with Crippen molar-refractivity contribution in [2.24, 2.45) is 0 Å². The van der Waals surface area contributed by atoms with Crippen molar-refractivity contribution in [3.8, 4) is 0 Å². The molecule has 0 aliphatic carbocycles. The summed E-state index contributed by atoms with van der Waals surface area (Å²) in [6, 6.07) is 11.4. The molecule has 1 atom stereocenters. The normalized spacial score (nSPS) is 16.8. The Morgan fingerprint density at radius 2 is 1.87 bits per heavy atom. The third-order valence-electron chi connectivity index (χ3n) is 5.03. The fraction of sp³-hybridized carbons (Fsp3) is 0.261. The fourth-order valence-electron chi connectivity index (χ4n) is 3.43. The summed E-state index contributed by atoms with van der Waals surface area (Å²) in [6.07, 6.45) is 3.61. The number of amides is 2. The maximum Gasteiger partial charge on any atom is 0.326 e. The first-order valence-corrected chi connectivity index (χ1v) is 9.74. The monoisotopic (exact) mass is 410 g/mol. The van der Waals surface area contributed by atoms with E-state index in [0.717, 1.165) is 12.8 Å². The van der Waals surface area contributed by atoms with Crippen LogP contribution >= 0.6 is 0 Å². The molecular weight excluding hydrogens is 387 g/mol. The Hall–Kier alpha value is -3.48. The minimum absolute atomic E-state index is 0.320. The predicted molar refractivity (Wildman–Crippen MR) is 111 cm³/mol. The molecule has 2 aromatic rings. The van der Waals surface area contributed by atoms with Gasteiger partial charge in [-0.25, -0.2) is 9.18 Å². The third kappa shape index (κ3) is 5.11. The van der Waals surface area contributed by atoms with E-state index >= 15 is 0 Å². The van der Waals surface area contributed by atoms with E-state index in [9.17, 15) is 23.9 Å². The maximum absolute atomic E-state index is 13.0. The van der Waals surface area contributed by atoms with Gasteiger partial charge in [0.05, 0.1) is 0 Å². The first-order chi connectivity index (χ1) is 14.3. The lowest BCUT2D eigenvalue weighted by molar-refractivity contribution is -0.143. The molecule has 1 aliphatic heterocycles. The quantitative estimate of drug-likeness (QED) is 0.731. The minimum Gasteiger partial charge on any atom is -0.480 e. The summed E-state index contributed by atoms with van der Waals surface area (Å²) in [5.41, 5.74) is 1.86. The van der Waals surface area contributed by atoms with Crippen LogP contribution in [0, 0.1) is 5.82 Å². The van der Waals surface area contributed by atoms with Crippen LogP contribution in [0.3, 0.4) is 0 Å². The zero-order chi connectivity index (χ0) is 21.7. The number of aliphatic carboxylic acids is 1. The van der Waals surface area contributed by atoms with Crippen LogP contribution in [0.25, 0.3) is 6.08 Å². The molecule has 0 radical (unpaired) electrons. The number of halogens is 1. The van der Waals surface area contributed by atoms with Gasteiger partial charge in [-0.1, -0.05) is 18.2 Å². The molecular formula is C23H23FN2O4. The van der Waals surface area contributed by atoms with Crippen molar-refractivity contribution in [1.82, 2.24) is 4.90 Å². The van der Waals surface area contributed by atoms with Crippen molar-refractivity contribution in [2.75, 3.05) is 11.9 Å². The third-order valence-corrected chi connectivity index (χ3v) is 5.03. The Kier molecular flexibility index (Phi) is 6.61. The lowest BCUT2D eigenvalue weighted by atomic mass is 10.0. The van der Waals surface area contributed by atoms with Crippen LogP contribution in [0.4, 0.5) is 10.1 Å². The molecule has 0 saturated carbocycles. The smallest absolute Gasteiger partial charge is 0.326 e. The van der Waals surface area contributed by atoms with Crippen LogP contribution in [-0.2, 0) is 9.59 Å². The first kappa shape index (κ1) is 21.2. The summed E-state index contributed by atoms with van der Waals surface area (Å²) in [5.74, 6) is -2.08. The van der Waals surface area contributed by atoms with Gasteiger partial charge in [0, 0.05) is 23.4 Å². The first-order valence-electron chi connectivity index (χ1n) is 9.74. The summed E-state index contributed by atoms with van der Waals surface area (Å²) in [4.78, 5) is 38.2. The van der Waals surface area contributed by atoms with Crippen LogP contribution in [0.5, 0.6) is 0 Å². The molecule has 6 nitrogen and oxygen atoms in total. The number of piperidine rings is 1. The Morgan fingerprint density at radius 3 is 2.57 bits per heavy atom. The summed E-state index contributed by atoms with van der Waals surface area (Å²) in [7, 11) is 0. The second-order valence-electron chi connectivity index (χ2n) is 7.26. The number of carboxylic acid groups (broad SMARTS) is 1. The summed E-state index contributed by atoms with van der Waals surface area (Å²) in [5, 5.41) is 12.1. The summed E-state index contributed by atoms with van der Waals surface area (Å²) in [6.45, 7) is 2.03. The number of benzene rings is 2. The Morgan fingerprint density at radius 1 is 1.13 bits per heavy atom. The number of nitrogens with one attached hydrogen (secondary N) is 1. The van der Waals surface area contributed by atoms with E-state index in [1.165, 1.54) is 17.0 Å². The molecule has 1 fully saturated rings. The lowest BCUT2D eigenvalue weighted by Gasteiger charge is -2.33. The number of rotatable bonds is 5. The number of hydrogen-bond acceptors (Lipinski definition) is 3. The molecule has 0 bridgehead atoms. The van der Waals surface area contributed by atoms with Gasteiger partial charge in [0.2, 0.25) is 0 Å². The molecule has 30 heavy (non-hydrogen) atoms. The number of likely N-dealkylation sites (tertiary alicyclic amines) is 1. The topological polar surface area (TPSA) is 86.7 Å². The van der Waals surface area contributed by atoms with Gasteiger partial charge >= 0.3 is 5.97 Å². The number of nitrogens with zero attached hydrogens (tertiary/aromatic N) is 1. The van der Waals surface area contributed by atoms with Crippen molar-refractivity contribution in [2.45, 2.75) is 32.2 Å². The van der Waals surface area contributed by atoms with Crippen LogP contribution in [0.1, 0.15) is 42.1 Å². The molecule has 1 saturated heterocycles. The Labute approximate surface area is 174 Å². The van der Waals surface area contributed by atoms with Crippen molar-refractivity contribution >= 4 is 29.5 Å². The van der Waals surface area contributed by atoms with Crippen LogP contribution in [0.15, 0.2) is 54.1 Å². The molecule has 0 spiro atoms. The van der Waals surface area contributed by atoms with Crippen molar-refractivity contribution < 1.29 is 23.9 Å². The van der Waals surface area contributed by atoms with Crippen molar-refractivity contribution in [1.29, 1.82) is 0 Å². The van der Waals surface area contributed by atoms with Gasteiger partial charge in [-0.3, -0.25) is 9.59 Å². The minimum atomic E-state index is -1.01. The van der Waals surface area contributed by atoms with Gasteiger partial charge in [-0.2, -0.15) is 0 Å². The second kappa shape index (κ2) is 9.35. The highest BCUT2D eigenvalue weighted by Crippen LogP contribution is 2.22. The zero-order valence-electron chi connectivity index (χ0n) is 16.6. The molecule has 2 aromatic carbocycles. The highest BCUT2D eigenvalue weighted by Gasteiger charge is 2.32. The van der Waals surface area contributed by atoms with E-state index in [1.54, 1.807) is 49.4 Å². The van der Waals surface area contributed by atoms with E-state index in [0.29, 0.717) is 35.4 Å². The van der Waals surface area contributed by atoms with Gasteiger partial charge in [-0.15, -0.1) is 0 Å². The van der Waals surface area contributed by atoms with E-state index in [2.05, 4.69) is 5.32 Å². The van der Waals surface area contributed by atoms with E-state index in [1.807, 2.05) is 0 Å². The Bertz CT molecular complexity index is 985. The molecule has 1 heterocycles. The maximum atomic E-state index is 13.0. The average Bonchev–Trinajstić information content (AvgIpc) is 2.75. The van der Waals surface area contributed by atoms with Gasteiger partial charge in [0.25, 0.3) is 11.8 Å². The largest absolute Gasteiger partial charge is 0.480 e. The molecule has 3 rings (SSSR count). The van der Waals surface area contributed by atoms with Gasteiger partial charge in [0.15, 0.2) is 0 Å². The molecule has 0 aromatic heterocycles. The fourth-order valence-corrected chi connectivity index (χ4v) is 3.43. The lowest BCUT2D eigenvalue weighted by Crippen LogP contribution is -2.48. The van der Waals surface area contributed by atoms with Crippen LogP contribution in [-0.4, -0.2) is 40.4 Å². The molecule has 7 heteroatoms. The van der Waals surface area contributed by atoms with Crippen LogP contribution in [0.2, 0.25) is 0 Å². The van der Waals surface area contributed by atoms with E-state index in [-0.39, 0.29) is 17.6 Å². The molecule has 1 unspecified atom stereocenters. The SMILES string of the molecule is CC(=Cc1ccc(F)cc1)C(=O)Nc1cccc(C(=O)N2CCCCC2C(=O)O)c1. The van der Waals surface area contributed by atoms with Gasteiger partial charge in [-0.05, 0) is 68.2 Å². The highest BCUT2D eigenvalue weighted by atomic mass is 19.1. The van der Waals surface area contributed by atoms with Crippen molar-refractivity contribution in [3.63, 3.8) is 0 Å². The number of anilines is 1. The van der Waals surface area contributed by atoms with E-state index < -0.39 is 12.0 Å². The predicted octanol–water partition coefficient (Wildman–Crippen LogP) is 3.95. The Balaban J connectivity index is 1.73. The van der Waals surface area contributed by atoms with Gasteiger partial charge < -0.3 is 15.3 Å². The van der Waals surface area contributed by atoms with Crippen LogP contribution < -0.4 is 5.32 Å². The summed E-state index contributed by atoms with van der Waals surface area (Å²) >= 11 is 0. The average molecular weight is 410 g/mol. The zero-order valence-corrected chi connectivity index (χ0v) is 16.6. The molecule has 2 amide bonds. The molecule has 1 aliphatic rings. The second-order valence-corrected chi connectivity index (χ2v) is 7.26. The molecule has 156 valence electrons. The number of carboxylic acids is 1. The number of carbonyl (C=O) groups excluding carboxylic acids is 2. The number of carbonyl (C=O) groups is 3. The summed E-state index contributed by atoms with van der Waals surface area (Å²) < 4.78 is 13.0. The highest BCUT2D eigenvalue weighted by molar-refractivity contribution is 6.07. The van der Waals surface area contributed by atoms with Crippen molar-refractivity contribution in [3.05, 3.63) is 71.0 Å². The van der Waals surface area contributed by atoms with E-state index in [4.69, 9.17) is 0 Å².